The molecule has 9 nitrogen and oxygen atoms in total. The quantitative estimate of drug-likeness (QED) is 0.622. The first kappa shape index (κ1) is 21.8. The zero-order valence-corrected chi connectivity index (χ0v) is 16.7. The van der Waals surface area contributed by atoms with Crippen LogP contribution in [0.15, 0.2) is 17.0 Å². The van der Waals surface area contributed by atoms with Gasteiger partial charge in [0.1, 0.15) is 0 Å². The molecule has 2 rings (SSSR count). The Morgan fingerprint density at radius 3 is 2.39 bits per heavy atom. The highest BCUT2D eigenvalue weighted by Crippen LogP contribution is 2.20. The molecule has 1 aliphatic rings. The predicted octanol–water partition coefficient (Wildman–Crippen LogP) is 1.27. The predicted molar refractivity (Wildman–Crippen MR) is 101 cm³/mol. The van der Waals surface area contributed by atoms with Gasteiger partial charge in [-0.2, -0.15) is 0 Å². The number of hydrogen-bond acceptors (Lipinski definition) is 6. The maximum atomic E-state index is 12.2. The fourth-order valence-corrected chi connectivity index (χ4v) is 3.96. The van der Waals surface area contributed by atoms with Crippen molar-refractivity contribution >= 4 is 27.9 Å². The van der Waals surface area contributed by atoms with Gasteiger partial charge in [-0.3, -0.25) is 10.1 Å². The molecule has 1 aromatic carbocycles. The van der Waals surface area contributed by atoms with Crippen LogP contribution in [-0.4, -0.2) is 39.0 Å². The van der Waals surface area contributed by atoms with Crippen LogP contribution < -0.4 is 15.8 Å². The number of hydrogen-bond donors (Lipinski definition) is 3. The summed E-state index contributed by atoms with van der Waals surface area (Å²) in [6, 6.07) is 1.96. The molecular formula is C18H25N3O6S. The van der Waals surface area contributed by atoms with Crippen molar-refractivity contribution in [2.45, 2.75) is 56.9 Å². The summed E-state index contributed by atoms with van der Waals surface area (Å²) in [7, 11) is -4.01. The van der Waals surface area contributed by atoms with E-state index in [-0.39, 0.29) is 16.5 Å². The Balaban J connectivity index is 1.92. The molecule has 0 aliphatic heterocycles. The van der Waals surface area contributed by atoms with Crippen LogP contribution in [0, 0.1) is 13.8 Å². The second kappa shape index (κ2) is 9.16. The van der Waals surface area contributed by atoms with Gasteiger partial charge in [0, 0.05) is 6.04 Å². The molecule has 1 aromatic rings. The summed E-state index contributed by atoms with van der Waals surface area (Å²) < 4.78 is 28.2. The molecule has 0 spiro atoms. The van der Waals surface area contributed by atoms with Crippen molar-refractivity contribution in [3.63, 3.8) is 0 Å². The second-order valence-electron chi connectivity index (χ2n) is 6.89. The molecule has 1 fully saturated rings. The van der Waals surface area contributed by atoms with Crippen molar-refractivity contribution in [2.75, 3.05) is 6.61 Å². The first-order valence-corrected chi connectivity index (χ1v) is 10.5. The summed E-state index contributed by atoms with van der Waals surface area (Å²) in [5.74, 6) is -1.67. The third kappa shape index (κ3) is 6.03. The number of nitrogens with one attached hydrogen (secondary N) is 2. The topological polar surface area (TPSA) is 145 Å². The number of benzene rings is 1. The molecule has 10 heteroatoms. The summed E-state index contributed by atoms with van der Waals surface area (Å²) in [6.07, 6.45) is 4.95. The Labute approximate surface area is 164 Å². The van der Waals surface area contributed by atoms with Crippen LogP contribution in [0.1, 0.15) is 53.6 Å². The maximum Gasteiger partial charge on any atom is 0.338 e. The molecule has 0 unspecified atom stereocenters. The van der Waals surface area contributed by atoms with Gasteiger partial charge >= 0.3 is 12.0 Å². The van der Waals surface area contributed by atoms with Crippen molar-refractivity contribution in [1.82, 2.24) is 10.6 Å². The van der Waals surface area contributed by atoms with Crippen LogP contribution in [0.25, 0.3) is 0 Å². The van der Waals surface area contributed by atoms with E-state index in [2.05, 4.69) is 10.6 Å². The molecule has 0 radical (unpaired) electrons. The van der Waals surface area contributed by atoms with E-state index in [1.165, 1.54) is 6.07 Å². The SMILES string of the molecule is Cc1cc(C(=O)OCC(=O)NC(=O)NC2CCCCC2)cc(S(N)(=O)=O)c1C. The highest BCUT2D eigenvalue weighted by molar-refractivity contribution is 7.89. The fraction of sp³-hybridized carbons (Fsp3) is 0.500. The number of amides is 3. The van der Waals surface area contributed by atoms with Gasteiger partial charge in [0.05, 0.1) is 10.5 Å². The zero-order chi connectivity index (χ0) is 20.9. The van der Waals surface area contributed by atoms with E-state index in [1.807, 2.05) is 0 Å². The minimum absolute atomic E-state index is 0.0382. The number of carbonyl (C=O) groups excluding carboxylic acids is 3. The number of nitrogens with two attached hydrogens (primary N) is 1. The zero-order valence-electron chi connectivity index (χ0n) is 15.9. The van der Waals surface area contributed by atoms with E-state index in [1.54, 1.807) is 13.8 Å². The standard InChI is InChI=1S/C18H25N3O6S/c1-11-8-13(9-15(12(11)2)28(19,25)26)17(23)27-10-16(22)21-18(24)20-14-6-4-3-5-7-14/h8-9,14H,3-7,10H2,1-2H3,(H2,19,25,26)(H2,20,21,22,24). The molecule has 4 N–H and O–H groups in total. The van der Waals surface area contributed by atoms with Gasteiger partial charge in [-0.25, -0.2) is 23.1 Å². The summed E-state index contributed by atoms with van der Waals surface area (Å²) in [5, 5.41) is 9.98. The van der Waals surface area contributed by atoms with Gasteiger partial charge < -0.3 is 10.1 Å². The van der Waals surface area contributed by atoms with E-state index in [4.69, 9.17) is 9.88 Å². The first-order valence-electron chi connectivity index (χ1n) is 8.99. The molecule has 28 heavy (non-hydrogen) atoms. The van der Waals surface area contributed by atoms with E-state index in [0.29, 0.717) is 11.1 Å². The van der Waals surface area contributed by atoms with Crippen LogP contribution in [0.4, 0.5) is 4.79 Å². The summed E-state index contributed by atoms with van der Waals surface area (Å²) in [5.41, 5.74) is 0.914. The number of aryl methyl sites for hydroxylation is 1. The minimum Gasteiger partial charge on any atom is -0.452 e. The summed E-state index contributed by atoms with van der Waals surface area (Å²) >= 11 is 0. The average molecular weight is 411 g/mol. The molecule has 0 aromatic heterocycles. The van der Waals surface area contributed by atoms with E-state index in [0.717, 1.165) is 38.2 Å². The summed E-state index contributed by atoms with van der Waals surface area (Å²) in [6.45, 7) is 2.53. The fourth-order valence-electron chi connectivity index (χ4n) is 3.09. The lowest BCUT2D eigenvalue weighted by Gasteiger charge is -2.22. The lowest BCUT2D eigenvalue weighted by atomic mass is 9.96. The number of imide groups is 1. The van der Waals surface area contributed by atoms with Crippen molar-refractivity contribution in [3.8, 4) is 0 Å². The Hall–Kier alpha value is -2.46. The van der Waals surface area contributed by atoms with Crippen molar-refractivity contribution in [3.05, 3.63) is 28.8 Å². The van der Waals surface area contributed by atoms with Crippen LogP contribution in [-0.2, 0) is 19.6 Å². The highest BCUT2D eigenvalue weighted by atomic mass is 32.2. The van der Waals surface area contributed by atoms with Gasteiger partial charge in [-0.15, -0.1) is 0 Å². The van der Waals surface area contributed by atoms with Gasteiger partial charge in [-0.1, -0.05) is 19.3 Å². The highest BCUT2D eigenvalue weighted by Gasteiger charge is 2.20. The van der Waals surface area contributed by atoms with Crippen LogP contribution >= 0.6 is 0 Å². The molecule has 0 bridgehead atoms. The number of primary sulfonamides is 1. The summed E-state index contributed by atoms with van der Waals surface area (Å²) in [4.78, 5) is 35.6. The molecule has 0 saturated heterocycles. The largest absolute Gasteiger partial charge is 0.452 e. The number of carbonyl (C=O) groups is 3. The van der Waals surface area contributed by atoms with E-state index >= 15 is 0 Å². The molecule has 1 aliphatic carbocycles. The van der Waals surface area contributed by atoms with E-state index in [9.17, 15) is 22.8 Å². The van der Waals surface area contributed by atoms with Crippen LogP contribution in [0.2, 0.25) is 0 Å². The molecule has 1 saturated carbocycles. The molecular weight excluding hydrogens is 386 g/mol. The van der Waals surface area contributed by atoms with Crippen molar-refractivity contribution < 1.29 is 27.5 Å². The van der Waals surface area contributed by atoms with Gasteiger partial charge in [0.25, 0.3) is 5.91 Å². The third-order valence-electron chi connectivity index (χ3n) is 4.69. The third-order valence-corrected chi connectivity index (χ3v) is 5.73. The number of rotatable bonds is 5. The second-order valence-corrected chi connectivity index (χ2v) is 8.42. The smallest absolute Gasteiger partial charge is 0.338 e. The molecule has 0 heterocycles. The van der Waals surface area contributed by atoms with Gasteiger partial charge in [0.15, 0.2) is 6.61 Å². The lowest BCUT2D eigenvalue weighted by Crippen LogP contribution is -2.46. The van der Waals surface area contributed by atoms with Crippen molar-refractivity contribution in [1.29, 1.82) is 0 Å². The Kier molecular flexibility index (Phi) is 7.14. The first-order chi connectivity index (χ1) is 13.1. The molecule has 3 amide bonds. The number of esters is 1. The van der Waals surface area contributed by atoms with E-state index < -0.39 is 34.5 Å². The Bertz CT molecular complexity index is 876. The lowest BCUT2D eigenvalue weighted by molar-refractivity contribution is -0.123. The molecule has 154 valence electrons. The normalized spacial score (nSPS) is 15.0. The van der Waals surface area contributed by atoms with Crippen molar-refractivity contribution in [2.24, 2.45) is 5.14 Å². The number of ether oxygens (including phenoxy) is 1. The van der Waals surface area contributed by atoms with Gasteiger partial charge in [-0.05, 0) is 49.9 Å². The molecule has 0 atom stereocenters. The Morgan fingerprint density at radius 2 is 1.79 bits per heavy atom. The number of urea groups is 1. The Morgan fingerprint density at radius 1 is 1.14 bits per heavy atom. The van der Waals surface area contributed by atoms with Gasteiger partial charge in [0.2, 0.25) is 10.0 Å². The number of sulfonamides is 1. The van der Waals surface area contributed by atoms with Crippen LogP contribution in [0.3, 0.4) is 0 Å². The average Bonchev–Trinajstić information content (AvgIpc) is 2.61. The van der Waals surface area contributed by atoms with Crippen LogP contribution in [0.5, 0.6) is 0 Å². The maximum absolute atomic E-state index is 12.2. The minimum atomic E-state index is -4.01. The monoisotopic (exact) mass is 411 g/mol.